The molecule has 22 heavy (non-hydrogen) atoms. The van der Waals surface area contributed by atoms with Gasteiger partial charge in [-0.2, -0.15) is 4.98 Å². The number of rotatable bonds is 2. The van der Waals surface area contributed by atoms with Crippen molar-refractivity contribution in [3.63, 3.8) is 0 Å². The standard InChI is InChI=1S/C14H14N4O3.ClH/c15-14(5-2-6-14)13-17-12(21-18-13)8-3-1-4-9-11(8)20-7-10(19)16-9;/h1,3-4H,2,5-7,15H2,(H,16,19);1H. The quantitative estimate of drug-likeness (QED) is 0.874. The Morgan fingerprint density at radius 2 is 2.14 bits per heavy atom. The highest BCUT2D eigenvalue weighted by atomic mass is 35.5. The average Bonchev–Trinajstić information content (AvgIpc) is 2.93. The van der Waals surface area contributed by atoms with Crippen LogP contribution in [0.15, 0.2) is 22.7 Å². The zero-order valence-electron chi connectivity index (χ0n) is 11.7. The summed E-state index contributed by atoms with van der Waals surface area (Å²) in [7, 11) is 0. The average molecular weight is 323 g/mol. The van der Waals surface area contributed by atoms with Crippen molar-refractivity contribution in [2.75, 3.05) is 11.9 Å². The third-order valence-electron chi connectivity index (χ3n) is 3.98. The van der Waals surface area contributed by atoms with E-state index in [1.807, 2.05) is 6.07 Å². The van der Waals surface area contributed by atoms with E-state index in [0.29, 0.717) is 28.7 Å². The Balaban J connectivity index is 0.00000144. The fourth-order valence-corrected chi connectivity index (χ4v) is 2.60. The lowest BCUT2D eigenvalue weighted by molar-refractivity contribution is -0.118. The first kappa shape index (κ1) is 14.8. The van der Waals surface area contributed by atoms with E-state index < -0.39 is 5.54 Å². The lowest BCUT2D eigenvalue weighted by Gasteiger charge is -2.34. The summed E-state index contributed by atoms with van der Waals surface area (Å²) in [6.07, 6.45) is 2.81. The van der Waals surface area contributed by atoms with Gasteiger partial charge in [0.05, 0.1) is 16.8 Å². The number of hydrogen-bond donors (Lipinski definition) is 2. The number of amides is 1. The number of carbonyl (C=O) groups excluding carboxylic acids is 1. The first-order valence-corrected chi connectivity index (χ1v) is 6.85. The van der Waals surface area contributed by atoms with Gasteiger partial charge in [0.25, 0.3) is 11.8 Å². The number of hydrogen-bond acceptors (Lipinski definition) is 6. The molecule has 0 saturated heterocycles. The van der Waals surface area contributed by atoms with Crippen LogP contribution in [-0.4, -0.2) is 22.7 Å². The summed E-state index contributed by atoms with van der Waals surface area (Å²) in [5.74, 6) is 1.25. The Bertz CT molecular complexity index is 727. The molecule has 1 aromatic carbocycles. The zero-order chi connectivity index (χ0) is 14.4. The summed E-state index contributed by atoms with van der Waals surface area (Å²) in [4.78, 5) is 15.8. The highest BCUT2D eigenvalue weighted by Gasteiger charge is 2.39. The number of ether oxygens (including phenoxy) is 1. The number of halogens is 1. The maximum absolute atomic E-state index is 11.4. The van der Waals surface area contributed by atoms with E-state index in [4.69, 9.17) is 15.0 Å². The largest absolute Gasteiger partial charge is 0.481 e. The molecule has 8 heteroatoms. The van der Waals surface area contributed by atoms with Gasteiger partial charge < -0.3 is 20.3 Å². The van der Waals surface area contributed by atoms with Gasteiger partial charge in [0.1, 0.15) is 0 Å². The van der Waals surface area contributed by atoms with Crippen molar-refractivity contribution in [1.82, 2.24) is 10.1 Å². The SMILES string of the molecule is Cl.NC1(c2noc(-c3cccc4c3OCC(=O)N4)n2)CCC1. The topological polar surface area (TPSA) is 103 Å². The predicted octanol–water partition coefficient (Wildman–Crippen LogP) is 1.83. The molecule has 1 amide bonds. The third-order valence-corrected chi connectivity index (χ3v) is 3.98. The summed E-state index contributed by atoms with van der Waals surface area (Å²) in [6.45, 7) is -0.0220. The van der Waals surface area contributed by atoms with Gasteiger partial charge in [0.2, 0.25) is 0 Å². The van der Waals surface area contributed by atoms with Gasteiger partial charge in [0, 0.05) is 0 Å². The summed E-state index contributed by atoms with van der Waals surface area (Å²) >= 11 is 0. The molecule has 1 fully saturated rings. The van der Waals surface area contributed by atoms with E-state index in [9.17, 15) is 4.79 Å². The fourth-order valence-electron chi connectivity index (χ4n) is 2.60. The van der Waals surface area contributed by atoms with Crippen LogP contribution in [0.4, 0.5) is 5.69 Å². The monoisotopic (exact) mass is 322 g/mol. The molecule has 2 heterocycles. The summed E-state index contributed by atoms with van der Waals surface area (Å²) in [6, 6.07) is 5.38. The summed E-state index contributed by atoms with van der Waals surface area (Å²) in [5.41, 5.74) is 7.00. The Kier molecular flexibility index (Phi) is 3.54. The molecular formula is C14H15ClN4O3. The molecule has 0 radical (unpaired) electrons. The zero-order valence-corrected chi connectivity index (χ0v) is 12.5. The number of anilines is 1. The minimum Gasteiger partial charge on any atom is -0.481 e. The maximum Gasteiger partial charge on any atom is 0.262 e. The van der Waals surface area contributed by atoms with E-state index in [2.05, 4.69) is 15.5 Å². The van der Waals surface area contributed by atoms with Crippen LogP contribution in [0.2, 0.25) is 0 Å². The third kappa shape index (κ3) is 2.22. The lowest BCUT2D eigenvalue weighted by atomic mass is 9.77. The Morgan fingerprint density at radius 3 is 2.86 bits per heavy atom. The molecule has 0 spiro atoms. The highest BCUT2D eigenvalue weighted by molar-refractivity contribution is 5.97. The van der Waals surface area contributed by atoms with Crippen LogP contribution in [0, 0.1) is 0 Å². The number of nitrogens with two attached hydrogens (primary N) is 1. The van der Waals surface area contributed by atoms with Gasteiger partial charge >= 0.3 is 0 Å². The first-order chi connectivity index (χ1) is 10.2. The Morgan fingerprint density at radius 1 is 1.32 bits per heavy atom. The van der Waals surface area contributed by atoms with Gasteiger partial charge in [-0.15, -0.1) is 12.4 Å². The summed E-state index contributed by atoms with van der Waals surface area (Å²) in [5, 5.41) is 6.75. The number of carbonyl (C=O) groups is 1. The van der Waals surface area contributed by atoms with Gasteiger partial charge in [-0.25, -0.2) is 0 Å². The van der Waals surface area contributed by atoms with Crippen LogP contribution < -0.4 is 15.8 Å². The molecule has 1 aliphatic heterocycles. The molecule has 116 valence electrons. The minimum atomic E-state index is -0.467. The maximum atomic E-state index is 11.4. The van der Waals surface area contributed by atoms with E-state index in [1.165, 1.54) is 0 Å². The second-order valence-corrected chi connectivity index (χ2v) is 5.45. The number of nitrogens with zero attached hydrogens (tertiary/aromatic N) is 2. The number of para-hydroxylation sites is 1. The molecule has 3 N–H and O–H groups in total. The molecule has 1 aliphatic carbocycles. The van der Waals surface area contributed by atoms with Crippen LogP contribution >= 0.6 is 12.4 Å². The van der Waals surface area contributed by atoms with Crippen LogP contribution in [0.3, 0.4) is 0 Å². The molecule has 7 nitrogen and oxygen atoms in total. The fraction of sp³-hybridized carbons (Fsp3) is 0.357. The second-order valence-electron chi connectivity index (χ2n) is 5.45. The molecule has 0 atom stereocenters. The number of benzene rings is 1. The minimum absolute atomic E-state index is 0. The smallest absolute Gasteiger partial charge is 0.262 e. The van der Waals surface area contributed by atoms with E-state index in [-0.39, 0.29) is 24.9 Å². The normalized spacial score (nSPS) is 18.3. The molecule has 0 unspecified atom stereocenters. The summed E-state index contributed by atoms with van der Waals surface area (Å²) < 4.78 is 10.8. The van der Waals surface area contributed by atoms with Crippen molar-refractivity contribution in [1.29, 1.82) is 0 Å². The lowest BCUT2D eigenvalue weighted by Crippen LogP contribution is -2.44. The van der Waals surface area contributed by atoms with Crippen molar-refractivity contribution < 1.29 is 14.1 Å². The molecule has 1 aromatic heterocycles. The predicted molar refractivity (Wildman–Crippen MR) is 80.8 cm³/mol. The Hall–Kier alpha value is -2.12. The highest BCUT2D eigenvalue weighted by Crippen LogP contribution is 2.40. The molecule has 4 rings (SSSR count). The Labute approximate surface area is 132 Å². The van der Waals surface area contributed by atoms with Crippen LogP contribution in [0.25, 0.3) is 11.5 Å². The van der Waals surface area contributed by atoms with Crippen molar-refractivity contribution in [3.8, 4) is 17.2 Å². The van der Waals surface area contributed by atoms with Gasteiger partial charge in [-0.3, -0.25) is 4.79 Å². The molecule has 2 aromatic rings. The van der Waals surface area contributed by atoms with Crippen molar-refractivity contribution >= 4 is 24.0 Å². The van der Waals surface area contributed by atoms with Crippen LogP contribution in [0.5, 0.6) is 5.75 Å². The molecule has 0 bridgehead atoms. The first-order valence-electron chi connectivity index (χ1n) is 6.85. The number of fused-ring (bicyclic) bond motifs is 1. The van der Waals surface area contributed by atoms with Gasteiger partial charge in [-0.05, 0) is 31.4 Å². The van der Waals surface area contributed by atoms with Crippen molar-refractivity contribution in [2.24, 2.45) is 5.73 Å². The van der Waals surface area contributed by atoms with Crippen LogP contribution in [-0.2, 0) is 10.3 Å². The molecular weight excluding hydrogens is 308 g/mol. The van der Waals surface area contributed by atoms with Crippen LogP contribution in [0.1, 0.15) is 25.1 Å². The van der Waals surface area contributed by atoms with Gasteiger partial charge in [-0.1, -0.05) is 11.2 Å². The molecule has 1 saturated carbocycles. The number of nitrogens with one attached hydrogen (secondary N) is 1. The van der Waals surface area contributed by atoms with Gasteiger partial charge in [0.15, 0.2) is 18.2 Å². The molecule has 2 aliphatic rings. The second kappa shape index (κ2) is 5.26. The number of aromatic nitrogens is 2. The van der Waals surface area contributed by atoms with E-state index in [1.54, 1.807) is 12.1 Å². The van der Waals surface area contributed by atoms with E-state index in [0.717, 1.165) is 19.3 Å². The van der Waals surface area contributed by atoms with E-state index >= 15 is 0 Å². The van der Waals surface area contributed by atoms with Crippen molar-refractivity contribution in [3.05, 3.63) is 24.0 Å². The van der Waals surface area contributed by atoms with Crippen molar-refractivity contribution in [2.45, 2.75) is 24.8 Å².